The number of allylic oxidation sites excluding steroid dienone is 21. The van der Waals surface area contributed by atoms with E-state index < -0.39 is 5.41 Å². The van der Waals surface area contributed by atoms with E-state index in [1.165, 1.54) is 122 Å². The molecule has 0 bridgehead atoms. The number of benzene rings is 14. The summed E-state index contributed by atoms with van der Waals surface area (Å²) in [7, 11) is 0. The Balaban J connectivity index is 0.580. The maximum Gasteiger partial charge on any atom is 0.163 e. The standard InChI is InChI=1S/C131H103N7/c1-85(87-35-13-5-14-36-87)132-128(133-86(2)95-51-29-52-96(71-95)109-77-105(90-41-19-8-20-42-90)75-106(78-109)91-43-21-9-22-44-91)103-57-31-54-100(73-103)113-59-33-61-123-125(113)117-81-98(88-37-15-6-16-38-88)63-69-121(117)137(123)111-65-67-115-116-68-66-112(84-120(116)131(3,4)119(115)83-111)138-122-70-64-99(89-39-17-7-18-40-89)82-118(122)126-114(60-34-62-124(126)138)101-55-32-58-104(74-101)130-135-127(94-49-27-12-28-50-94)134-129(136-130)102-56-30-53-97(72-102)110-79-107(92-45-23-10-24-46-92)76-108(80-110)93-47-25-11-26-48-93/h5-8,10,12-21,23-25,27,29-37,39-49,51-57,59,61-84,88,104,114H,1,9,11,22,26,28,38,50,58,60H2,2-4H3/t88-,104?,114?/m1/s1. The van der Waals surface area contributed by atoms with Crippen molar-refractivity contribution in [1.29, 1.82) is 0 Å². The molecule has 0 spiro atoms. The molecule has 0 amide bonds. The Hall–Kier alpha value is -16.4. The predicted molar refractivity (Wildman–Crippen MR) is 579 cm³/mol. The van der Waals surface area contributed by atoms with E-state index in [0.29, 0.717) is 17.4 Å². The van der Waals surface area contributed by atoms with Gasteiger partial charge in [-0.15, -0.1) is 0 Å². The van der Waals surface area contributed by atoms with Gasteiger partial charge in [0.25, 0.3) is 0 Å². The molecule has 3 atom stereocenters. The first-order valence-electron chi connectivity index (χ1n) is 48.9. The molecule has 3 aromatic heterocycles. The van der Waals surface area contributed by atoms with Crippen molar-refractivity contribution >= 4 is 72.7 Å². The Morgan fingerprint density at radius 3 is 1.60 bits per heavy atom. The molecule has 662 valence electrons. The minimum absolute atomic E-state index is 0.0399. The fourth-order valence-electron chi connectivity index (χ4n) is 22.0. The number of hydrogen-bond donors (Lipinski definition) is 0. The van der Waals surface area contributed by atoms with E-state index in [1.54, 1.807) is 0 Å². The maximum atomic E-state index is 5.57. The molecule has 2 unspecified atom stereocenters. The lowest BCUT2D eigenvalue weighted by atomic mass is 9.79. The molecule has 17 aromatic rings. The van der Waals surface area contributed by atoms with E-state index in [1.807, 2.05) is 18.2 Å². The van der Waals surface area contributed by atoms with Gasteiger partial charge in [0.2, 0.25) is 0 Å². The summed E-state index contributed by atoms with van der Waals surface area (Å²) in [6.45, 7) is 11.6. The van der Waals surface area contributed by atoms with Crippen LogP contribution in [-0.2, 0) is 5.41 Å². The van der Waals surface area contributed by atoms with Crippen molar-refractivity contribution in [3.8, 4) is 101 Å². The van der Waals surface area contributed by atoms with Gasteiger partial charge in [-0.3, -0.25) is 0 Å². The fraction of sp³-hybridized carbons (Fsp3) is 0.122. The smallest absolute Gasteiger partial charge is 0.163 e. The second kappa shape index (κ2) is 36.1. The Labute approximate surface area is 808 Å². The molecule has 7 heteroatoms. The van der Waals surface area contributed by atoms with Crippen LogP contribution in [0.5, 0.6) is 0 Å². The molecule has 7 aliphatic rings. The number of amidine groups is 1. The number of aliphatic imine (C=N–C) groups is 2. The molecule has 0 N–H and O–H groups in total. The first-order valence-corrected chi connectivity index (χ1v) is 48.9. The molecule has 0 saturated heterocycles. The first-order chi connectivity index (χ1) is 67.9. The van der Waals surface area contributed by atoms with Crippen LogP contribution in [0, 0.1) is 0 Å². The van der Waals surface area contributed by atoms with E-state index >= 15 is 0 Å². The summed E-state index contributed by atoms with van der Waals surface area (Å²) in [6.07, 6.45) is 50.1. The van der Waals surface area contributed by atoms with Gasteiger partial charge in [-0.2, -0.15) is 0 Å². The lowest BCUT2D eigenvalue weighted by Crippen LogP contribution is -2.16. The van der Waals surface area contributed by atoms with E-state index in [0.717, 1.165) is 159 Å². The minimum Gasteiger partial charge on any atom is -0.310 e. The molecule has 0 fully saturated rings. The second-order valence-corrected chi connectivity index (χ2v) is 38.2. The van der Waals surface area contributed by atoms with Gasteiger partial charge in [-0.25, -0.2) is 24.9 Å². The van der Waals surface area contributed by atoms with E-state index in [4.69, 9.17) is 24.9 Å². The summed E-state index contributed by atoms with van der Waals surface area (Å²) >= 11 is 0. The zero-order chi connectivity index (χ0) is 92.3. The lowest BCUT2D eigenvalue weighted by molar-refractivity contribution is 0.659. The summed E-state index contributed by atoms with van der Waals surface area (Å²) in [4.78, 5) is 27.4. The van der Waals surface area contributed by atoms with Crippen molar-refractivity contribution in [2.75, 3.05) is 0 Å². The molecule has 3 heterocycles. The molecular weight excluding hydrogens is 1670 g/mol. The van der Waals surface area contributed by atoms with Crippen molar-refractivity contribution < 1.29 is 0 Å². The van der Waals surface area contributed by atoms with Crippen LogP contribution in [0.4, 0.5) is 0 Å². The zero-order valence-electron chi connectivity index (χ0n) is 77.9. The number of nitrogens with zero attached hydrogens (tertiary/aromatic N) is 7. The third kappa shape index (κ3) is 16.1. The van der Waals surface area contributed by atoms with Gasteiger partial charge in [0.1, 0.15) is 5.82 Å². The normalized spacial score (nSPS) is 16.9. The van der Waals surface area contributed by atoms with E-state index in [2.05, 4.69) is 449 Å². The topological polar surface area (TPSA) is 73.2 Å². The molecule has 7 aliphatic carbocycles. The first kappa shape index (κ1) is 84.6. The van der Waals surface area contributed by atoms with Gasteiger partial charge in [0, 0.05) is 67.5 Å². The second-order valence-electron chi connectivity index (χ2n) is 38.2. The third-order valence-electron chi connectivity index (χ3n) is 29.2. The number of fused-ring (bicyclic) bond motifs is 9. The Morgan fingerprint density at radius 1 is 0.377 bits per heavy atom. The van der Waals surface area contributed by atoms with Crippen LogP contribution in [-0.4, -0.2) is 35.6 Å². The number of rotatable bonds is 19. The van der Waals surface area contributed by atoms with Crippen LogP contribution in [0.1, 0.15) is 164 Å². The quantitative estimate of drug-likeness (QED) is 0.0598. The average Bonchev–Trinajstić information content (AvgIpc) is 1.55. The van der Waals surface area contributed by atoms with E-state index in [9.17, 15) is 0 Å². The van der Waals surface area contributed by atoms with Crippen molar-refractivity contribution in [1.82, 2.24) is 24.1 Å². The summed E-state index contributed by atoms with van der Waals surface area (Å²) in [5.74, 6) is 2.99. The SMILES string of the molecule is C=C(N=C(N=C(C)c1cccc(-c2cc(C3=CCCC=C3)cc(-c3ccccc3)c2)c1)c1cccc(-c2cccc3c2c2cc([C@@H]4C=CC=CC4)ccc2n3-c2ccc3c(c2)C(C)(C)c2cc(-n4c5c(c6cc(-c7ccccc7)ccc64)C(C4=CC(c6nc(C7=CC=CCC7)nc(-c7cccc(-c8cc(C9=CCCC=C9)cc(-c9ccccc9)c8)c7)n6)CC=C4)CC=C5)ccc2-3)c1)c1ccccc1. The molecule has 14 aromatic carbocycles. The zero-order valence-corrected chi connectivity index (χ0v) is 77.9. The van der Waals surface area contributed by atoms with Crippen molar-refractivity contribution in [3.63, 3.8) is 0 Å². The summed E-state index contributed by atoms with van der Waals surface area (Å²) in [5, 5.41) is 3.64. The molecular formula is C131H103N7. The van der Waals surface area contributed by atoms with Crippen LogP contribution in [0.2, 0.25) is 0 Å². The fourth-order valence-corrected chi connectivity index (χ4v) is 22.0. The highest BCUT2D eigenvalue weighted by Crippen LogP contribution is 2.54. The average molecular weight is 1780 g/mol. The van der Waals surface area contributed by atoms with Crippen molar-refractivity contribution in [2.24, 2.45) is 9.98 Å². The van der Waals surface area contributed by atoms with Crippen LogP contribution in [0.25, 0.3) is 162 Å². The van der Waals surface area contributed by atoms with Crippen molar-refractivity contribution in [3.05, 3.63) is 504 Å². The highest BCUT2D eigenvalue weighted by molar-refractivity contribution is 6.18. The van der Waals surface area contributed by atoms with Gasteiger partial charge in [-0.05, 0) is 325 Å². The summed E-state index contributed by atoms with van der Waals surface area (Å²) in [5.41, 5.74) is 40.7. The molecule has 0 aliphatic heterocycles. The molecule has 0 saturated carbocycles. The lowest BCUT2D eigenvalue weighted by Gasteiger charge is -2.26. The van der Waals surface area contributed by atoms with Gasteiger partial charge in [-0.1, -0.05) is 336 Å². The number of aromatic nitrogens is 5. The maximum absolute atomic E-state index is 5.57. The van der Waals surface area contributed by atoms with Crippen molar-refractivity contribution in [2.45, 2.75) is 102 Å². The van der Waals surface area contributed by atoms with Gasteiger partial charge >= 0.3 is 0 Å². The third-order valence-corrected chi connectivity index (χ3v) is 29.2. The predicted octanol–water partition coefficient (Wildman–Crippen LogP) is 33.8. The highest BCUT2D eigenvalue weighted by Gasteiger charge is 2.38. The van der Waals surface area contributed by atoms with Gasteiger partial charge in [0.15, 0.2) is 17.5 Å². The van der Waals surface area contributed by atoms with Crippen LogP contribution >= 0.6 is 0 Å². The van der Waals surface area contributed by atoms with Crippen LogP contribution < -0.4 is 0 Å². The Kier molecular flexibility index (Phi) is 22.2. The Morgan fingerprint density at radius 2 is 0.935 bits per heavy atom. The van der Waals surface area contributed by atoms with Crippen LogP contribution in [0.3, 0.4) is 0 Å². The number of hydrogen-bond acceptors (Lipinski definition) is 4. The molecule has 0 radical (unpaired) electrons. The monoisotopic (exact) mass is 1770 g/mol. The molecule has 24 rings (SSSR count). The largest absolute Gasteiger partial charge is 0.310 e. The summed E-state index contributed by atoms with van der Waals surface area (Å²) < 4.78 is 5.08. The highest BCUT2D eigenvalue weighted by atomic mass is 15.0. The van der Waals surface area contributed by atoms with Gasteiger partial charge < -0.3 is 9.13 Å². The van der Waals surface area contributed by atoms with Gasteiger partial charge in [0.05, 0.1) is 27.9 Å². The molecule has 138 heavy (non-hydrogen) atoms. The minimum atomic E-state index is -0.397. The Bertz CT molecular complexity index is 8260. The van der Waals surface area contributed by atoms with Crippen LogP contribution in [0.15, 0.2) is 447 Å². The molecule has 7 nitrogen and oxygen atoms in total. The summed E-state index contributed by atoms with van der Waals surface area (Å²) in [6, 6.07) is 119. The van der Waals surface area contributed by atoms with E-state index in [-0.39, 0.29) is 17.8 Å².